The normalized spacial score (nSPS) is 12.6. The van der Waals surface area contributed by atoms with Gasteiger partial charge in [0.25, 0.3) is 0 Å². The monoisotopic (exact) mass is 281 g/mol. The standard InChI is InChI=1S/C13H16ClN3S/c1-17-6-5-16-13(17)8-11(15)9-18-12-4-2-3-10(14)7-12/h2-7,11H,8-9,15H2,1H3. The van der Waals surface area contributed by atoms with Crippen LogP contribution in [0.25, 0.3) is 0 Å². The van der Waals surface area contributed by atoms with Crippen molar-refractivity contribution < 1.29 is 0 Å². The van der Waals surface area contributed by atoms with Crippen LogP contribution in [0.1, 0.15) is 5.82 Å². The first-order valence-electron chi connectivity index (χ1n) is 5.75. The Balaban J connectivity index is 1.85. The third-order valence-electron chi connectivity index (χ3n) is 2.63. The average Bonchev–Trinajstić information content (AvgIpc) is 2.73. The fourth-order valence-corrected chi connectivity index (χ4v) is 2.81. The van der Waals surface area contributed by atoms with E-state index in [4.69, 9.17) is 17.3 Å². The van der Waals surface area contributed by atoms with Crippen molar-refractivity contribution in [2.24, 2.45) is 12.8 Å². The summed E-state index contributed by atoms with van der Waals surface area (Å²) in [6.07, 6.45) is 4.52. The molecule has 18 heavy (non-hydrogen) atoms. The summed E-state index contributed by atoms with van der Waals surface area (Å²) in [6, 6.07) is 7.92. The number of thioether (sulfide) groups is 1. The molecule has 0 aliphatic carbocycles. The van der Waals surface area contributed by atoms with E-state index in [0.29, 0.717) is 0 Å². The highest BCUT2D eigenvalue weighted by molar-refractivity contribution is 7.99. The Kier molecular flexibility index (Phi) is 4.69. The Bertz CT molecular complexity index is 512. The molecule has 1 aromatic heterocycles. The second-order valence-corrected chi connectivity index (χ2v) is 5.72. The molecule has 0 amide bonds. The van der Waals surface area contributed by atoms with E-state index < -0.39 is 0 Å². The quantitative estimate of drug-likeness (QED) is 0.857. The van der Waals surface area contributed by atoms with E-state index in [0.717, 1.165) is 27.9 Å². The number of halogens is 1. The second-order valence-electron chi connectivity index (χ2n) is 4.19. The van der Waals surface area contributed by atoms with Crippen LogP contribution in [-0.2, 0) is 13.5 Å². The molecular weight excluding hydrogens is 266 g/mol. The minimum atomic E-state index is 0.0927. The first-order valence-corrected chi connectivity index (χ1v) is 7.11. The number of nitrogens with zero attached hydrogens (tertiary/aromatic N) is 2. The van der Waals surface area contributed by atoms with Gasteiger partial charge >= 0.3 is 0 Å². The molecule has 2 aromatic rings. The molecule has 5 heteroatoms. The van der Waals surface area contributed by atoms with Crippen LogP contribution in [-0.4, -0.2) is 21.3 Å². The van der Waals surface area contributed by atoms with Crippen LogP contribution < -0.4 is 5.73 Å². The maximum Gasteiger partial charge on any atom is 0.109 e. The Morgan fingerprint density at radius 3 is 3.00 bits per heavy atom. The number of nitrogens with two attached hydrogens (primary N) is 1. The van der Waals surface area contributed by atoms with Gasteiger partial charge in [-0.2, -0.15) is 0 Å². The molecule has 96 valence electrons. The lowest BCUT2D eigenvalue weighted by Gasteiger charge is -2.11. The molecule has 0 aliphatic heterocycles. The van der Waals surface area contributed by atoms with Crippen molar-refractivity contribution in [3.63, 3.8) is 0 Å². The van der Waals surface area contributed by atoms with Gasteiger partial charge in [-0.15, -0.1) is 11.8 Å². The Labute approximate surface area is 116 Å². The van der Waals surface area contributed by atoms with Gasteiger partial charge in [-0.1, -0.05) is 17.7 Å². The van der Waals surface area contributed by atoms with Crippen LogP contribution in [0, 0.1) is 0 Å². The smallest absolute Gasteiger partial charge is 0.109 e. The molecule has 1 unspecified atom stereocenters. The summed E-state index contributed by atoms with van der Waals surface area (Å²) in [4.78, 5) is 5.43. The topological polar surface area (TPSA) is 43.8 Å². The fraction of sp³-hybridized carbons (Fsp3) is 0.308. The third-order valence-corrected chi connectivity index (χ3v) is 4.04. The molecule has 0 spiro atoms. The largest absolute Gasteiger partial charge is 0.338 e. The van der Waals surface area contributed by atoms with Crippen LogP contribution in [0.15, 0.2) is 41.6 Å². The van der Waals surface area contributed by atoms with Crippen LogP contribution in [0.2, 0.25) is 5.02 Å². The third kappa shape index (κ3) is 3.77. The minimum Gasteiger partial charge on any atom is -0.338 e. The first-order chi connectivity index (χ1) is 8.65. The number of imidazole rings is 1. The summed E-state index contributed by atoms with van der Waals surface area (Å²) in [7, 11) is 1.99. The lowest BCUT2D eigenvalue weighted by molar-refractivity contribution is 0.679. The molecule has 3 nitrogen and oxygen atoms in total. The van der Waals surface area contributed by atoms with E-state index in [1.165, 1.54) is 0 Å². The Hall–Kier alpha value is -0.970. The number of aromatic nitrogens is 2. The minimum absolute atomic E-state index is 0.0927. The molecule has 0 saturated heterocycles. The zero-order chi connectivity index (χ0) is 13.0. The molecule has 2 N–H and O–H groups in total. The maximum atomic E-state index is 6.11. The first kappa shape index (κ1) is 13.5. The van der Waals surface area contributed by atoms with Crippen molar-refractivity contribution in [3.8, 4) is 0 Å². The Morgan fingerprint density at radius 1 is 1.50 bits per heavy atom. The highest BCUT2D eigenvalue weighted by Crippen LogP contribution is 2.22. The van der Waals surface area contributed by atoms with Gasteiger partial charge in [-0.05, 0) is 18.2 Å². The van der Waals surface area contributed by atoms with Crippen LogP contribution in [0.5, 0.6) is 0 Å². The molecule has 0 radical (unpaired) electrons. The molecule has 2 rings (SSSR count). The van der Waals surface area contributed by atoms with Crippen molar-refractivity contribution in [2.75, 3.05) is 5.75 Å². The Morgan fingerprint density at radius 2 is 2.33 bits per heavy atom. The number of hydrogen-bond acceptors (Lipinski definition) is 3. The van der Waals surface area contributed by atoms with Gasteiger partial charge in [0, 0.05) is 47.6 Å². The van der Waals surface area contributed by atoms with E-state index in [9.17, 15) is 0 Å². The van der Waals surface area contributed by atoms with Gasteiger partial charge in [0.1, 0.15) is 5.82 Å². The van der Waals surface area contributed by atoms with Crippen molar-refractivity contribution >= 4 is 23.4 Å². The van der Waals surface area contributed by atoms with Crippen LogP contribution in [0.3, 0.4) is 0 Å². The molecule has 0 fully saturated rings. The predicted molar refractivity (Wildman–Crippen MR) is 77.1 cm³/mol. The van der Waals surface area contributed by atoms with Crippen molar-refractivity contribution in [1.82, 2.24) is 9.55 Å². The summed E-state index contributed by atoms with van der Waals surface area (Å²) in [6.45, 7) is 0. The summed E-state index contributed by atoms with van der Waals surface area (Å²) >= 11 is 7.66. The summed E-state index contributed by atoms with van der Waals surface area (Å²) in [5.74, 6) is 1.88. The van der Waals surface area contributed by atoms with Crippen LogP contribution >= 0.6 is 23.4 Å². The average molecular weight is 282 g/mol. The molecule has 0 saturated carbocycles. The lowest BCUT2D eigenvalue weighted by atomic mass is 10.2. The molecular formula is C13H16ClN3S. The number of benzene rings is 1. The highest BCUT2D eigenvalue weighted by Gasteiger charge is 2.08. The van der Waals surface area contributed by atoms with Crippen LogP contribution in [0.4, 0.5) is 0 Å². The molecule has 0 aliphatic rings. The maximum absolute atomic E-state index is 6.11. The SMILES string of the molecule is Cn1ccnc1CC(N)CSc1cccc(Cl)c1. The van der Waals surface area contributed by atoms with Gasteiger partial charge in [-0.3, -0.25) is 0 Å². The van der Waals surface area contributed by atoms with Crippen molar-refractivity contribution in [2.45, 2.75) is 17.4 Å². The van der Waals surface area contributed by atoms with E-state index in [2.05, 4.69) is 4.98 Å². The fourth-order valence-electron chi connectivity index (χ4n) is 1.65. The van der Waals surface area contributed by atoms with Gasteiger partial charge in [0.15, 0.2) is 0 Å². The second kappa shape index (κ2) is 6.27. The van der Waals surface area contributed by atoms with Gasteiger partial charge in [0.05, 0.1) is 0 Å². The van der Waals surface area contributed by atoms with E-state index in [-0.39, 0.29) is 6.04 Å². The van der Waals surface area contributed by atoms with E-state index in [1.54, 1.807) is 18.0 Å². The predicted octanol–water partition coefficient (Wildman–Crippen LogP) is 2.74. The van der Waals surface area contributed by atoms with Crippen molar-refractivity contribution in [1.29, 1.82) is 0 Å². The van der Waals surface area contributed by atoms with Gasteiger partial charge in [-0.25, -0.2) is 4.98 Å². The molecule has 1 atom stereocenters. The summed E-state index contributed by atoms with van der Waals surface area (Å²) < 4.78 is 2.00. The lowest BCUT2D eigenvalue weighted by Crippen LogP contribution is -2.26. The molecule has 0 bridgehead atoms. The number of hydrogen-bond donors (Lipinski definition) is 1. The summed E-state index contributed by atoms with van der Waals surface area (Å²) in [5.41, 5.74) is 6.11. The van der Waals surface area contributed by atoms with E-state index in [1.807, 2.05) is 42.1 Å². The van der Waals surface area contributed by atoms with E-state index >= 15 is 0 Å². The number of rotatable bonds is 5. The van der Waals surface area contributed by atoms with Gasteiger partial charge in [0.2, 0.25) is 0 Å². The zero-order valence-electron chi connectivity index (χ0n) is 10.2. The highest BCUT2D eigenvalue weighted by atomic mass is 35.5. The van der Waals surface area contributed by atoms with Crippen molar-refractivity contribution in [3.05, 3.63) is 47.5 Å². The number of aryl methyl sites for hydroxylation is 1. The molecule has 1 aromatic carbocycles. The van der Waals surface area contributed by atoms with Gasteiger partial charge < -0.3 is 10.3 Å². The summed E-state index contributed by atoms with van der Waals surface area (Å²) in [5, 5.41) is 0.762. The molecule has 1 heterocycles. The zero-order valence-corrected chi connectivity index (χ0v) is 11.8.